The summed E-state index contributed by atoms with van der Waals surface area (Å²) in [6, 6.07) is 2.61. The smallest absolute Gasteiger partial charge is 0.262 e. The Hall–Kier alpha value is -0.300. The van der Waals surface area contributed by atoms with Gasteiger partial charge in [-0.25, -0.2) is 8.42 Å². The molecule has 0 spiro atoms. The summed E-state index contributed by atoms with van der Waals surface area (Å²) in [6.45, 7) is 1.92. The fraction of sp³-hybridized carbons (Fsp3) is 0.364. The van der Waals surface area contributed by atoms with Crippen molar-refractivity contribution in [3.8, 4) is 0 Å². The summed E-state index contributed by atoms with van der Waals surface area (Å²) in [5.41, 5.74) is -0.0306. The van der Waals surface area contributed by atoms with Gasteiger partial charge in [0.25, 0.3) is 15.0 Å². The predicted octanol–water partition coefficient (Wildman–Crippen LogP) is 3.31. The predicted molar refractivity (Wildman–Crippen MR) is 77.3 cm³/mol. The van der Waals surface area contributed by atoms with Gasteiger partial charge in [0.1, 0.15) is 0 Å². The van der Waals surface area contributed by atoms with Gasteiger partial charge in [-0.05, 0) is 47.8 Å². The molecule has 1 aliphatic carbocycles. The summed E-state index contributed by atoms with van der Waals surface area (Å²) in [5, 5.41) is 2.94. The van der Waals surface area contributed by atoms with E-state index in [4.69, 9.17) is 22.3 Å². The minimum Gasteiger partial charge on any atom is -0.347 e. The Labute approximate surface area is 129 Å². The first-order valence-electron chi connectivity index (χ1n) is 5.39. The molecule has 2 rings (SSSR count). The summed E-state index contributed by atoms with van der Waals surface area (Å²) in [6.07, 6.45) is 1.81. The zero-order valence-corrected chi connectivity index (χ0v) is 13.8. The van der Waals surface area contributed by atoms with E-state index in [1.54, 1.807) is 0 Å². The molecule has 4 nitrogen and oxygen atoms in total. The second-order valence-corrected chi connectivity index (χ2v) is 8.46. The Kier molecular flexibility index (Phi) is 3.90. The molecule has 0 aromatic heterocycles. The van der Waals surface area contributed by atoms with Gasteiger partial charge in [-0.2, -0.15) is 0 Å². The molecule has 0 unspecified atom stereocenters. The molecular weight excluding hydrogens is 377 g/mol. The van der Waals surface area contributed by atoms with Gasteiger partial charge in [0.2, 0.25) is 0 Å². The SMILES string of the molecule is CC1(NC(=O)c2cc(Cl)c(Br)c(S(=O)(=O)Cl)c2)CC1. The maximum atomic E-state index is 12.0. The Morgan fingerprint density at radius 1 is 1.42 bits per heavy atom. The van der Waals surface area contributed by atoms with Gasteiger partial charge in [-0.1, -0.05) is 11.6 Å². The summed E-state index contributed by atoms with van der Waals surface area (Å²) < 4.78 is 23.0. The van der Waals surface area contributed by atoms with Crippen LogP contribution >= 0.6 is 38.2 Å². The highest BCUT2D eigenvalue weighted by atomic mass is 79.9. The monoisotopic (exact) mass is 385 g/mol. The first-order valence-corrected chi connectivity index (χ1v) is 8.87. The van der Waals surface area contributed by atoms with Crippen LogP contribution in [0.4, 0.5) is 0 Å². The number of nitrogens with one attached hydrogen (secondary N) is 1. The first-order chi connectivity index (χ1) is 8.62. The van der Waals surface area contributed by atoms with Crippen LogP contribution in [0.25, 0.3) is 0 Å². The van der Waals surface area contributed by atoms with Gasteiger partial charge in [0.15, 0.2) is 0 Å². The number of hydrogen-bond donors (Lipinski definition) is 1. The van der Waals surface area contributed by atoms with Gasteiger partial charge in [-0.3, -0.25) is 4.79 Å². The summed E-state index contributed by atoms with van der Waals surface area (Å²) in [5.74, 6) is -0.365. The second-order valence-electron chi connectivity index (χ2n) is 4.72. The third-order valence-corrected chi connectivity index (χ3v) is 5.92. The lowest BCUT2D eigenvalue weighted by atomic mass is 10.2. The van der Waals surface area contributed by atoms with Crippen LogP contribution in [-0.2, 0) is 9.05 Å². The summed E-state index contributed by atoms with van der Waals surface area (Å²) >= 11 is 8.95. The molecule has 19 heavy (non-hydrogen) atoms. The van der Waals surface area contributed by atoms with Crippen molar-refractivity contribution >= 4 is 53.2 Å². The maximum absolute atomic E-state index is 12.0. The van der Waals surface area contributed by atoms with E-state index in [0.29, 0.717) is 0 Å². The second kappa shape index (κ2) is 4.91. The normalized spacial score (nSPS) is 17.1. The molecule has 0 aliphatic heterocycles. The van der Waals surface area contributed by atoms with Crippen LogP contribution in [0.5, 0.6) is 0 Å². The van der Waals surface area contributed by atoms with E-state index in [2.05, 4.69) is 21.2 Å². The molecule has 8 heteroatoms. The van der Waals surface area contributed by atoms with Crippen LogP contribution < -0.4 is 5.32 Å². The molecule has 0 saturated heterocycles. The fourth-order valence-electron chi connectivity index (χ4n) is 1.53. The van der Waals surface area contributed by atoms with Gasteiger partial charge in [-0.15, -0.1) is 0 Å². The lowest BCUT2D eigenvalue weighted by Gasteiger charge is -2.13. The minimum atomic E-state index is -3.98. The summed E-state index contributed by atoms with van der Waals surface area (Å²) in [7, 11) is 1.33. The molecule has 1 amide bonds. The number of carbonyl (C=O) groups is 1. The average Bonchev–Trinajstić information content (AvgIpc) is 2.98. The van der Waals surface area contributed by atoms with Gasteiger partial charge >= 0.3 is 0 Å². The highest BCUT2D eigenvalue weighted by molar-refractivity contribution is 9.10. The zero-order valence-electron chi connectivity index (χ0n) is 9.84. The van der Waals surface area contributed by atoms with Crippen molar-refractivity contribution in [2.24, 2.45) is 0 Å². The van der Waals surface area contributed by atoms with Crippen molar-refractivity contribution < 1.29 is 13.2 Å². The Morgan fingerprint density at radius 3 is 2.47 bits per heavy atom. The molecule has 0 atom stereocenters. The van der Waals surface area contributed by atoms with E-state index in [-0.39, 0.29) is 31.4 Å². The molecule has 1 aliphatic rings. The average molecular weight is 387 g/mol. The van der Waals surface area contributed by atoms with Crippen molar-refractivity contribution in [1.82, 2.24) is 5.32 Å². The van der Waals surface area contributed by atoms with E-state index >= 15 is 0 Å². The third kappa shape index (κ3) is 3.42. The van der Waals surface area contributed by atoms with Gasteiger partial charge in [0.05, 0.1) is 14.4 Å². The van der Waals surface area contributed by atoms with E-state index < -0.39 is 9.05 Å². The lowest BCUT2D eigenvalue weighted by Crippen LogP contribution is -2.34. The van der Waals surface area contributed by atoms with Crippen LogP contribution in [0.3, 0.4) is 0 Å². The fourth-order valence-corrected chi connectivity index (χ4v) is 3.91. The van der Waals surface area contributed by atoms with Crippen LogP contribution in [0.2, 0.25) is 5.02 Å². The molecule has 1 aromatic carbocycles. The lowest BCUT2D eigenvalue weighted by molar-refractivity contribution is 0.0935. The van der Waals surface area contributed by atoms with Crippen LogP contribution in [-0.4, -0.2) is 19.9 Å². The molecule has 0 radical (unpaired) electrons. The minimum absolute atomic E-state index is 0.118. The maximum Gasteiger partial charge on any atom is 0.262 e. The highest BCUT2D eigenvalue weighted by Crippen LogP contribution is 2.36. The molecular formula is C11H10BrCl2NO3S. The van der Waals surface area contributed by atoms with E-state index in [0.717, 1.165) is 12.8 Å². The third-order valence-electron chi connectivity index (χ3n) is 2.94. The summed E-state index contributed by atoms with van der Waals surface area (Å²) in [4.78, 5) is 11.8. The van der Waals surface area contributed by atoms with E-state index in [9.17, 15) is 13.2 Å². The van der Waals surface area contributed by atoms with Crippen molar-refractivity contribution in [1.29, 1.82) is 0 Å². The highest BCUT2D eigenvalue weighted by Gasteiger charge is 2.39. The van der Waals surface area contributed by atoms with Crippen LogP contribution in [0.1, 0.15) is 30.1 Å². The Bertz CT molecular complexity index is 656. The topological polar surface area (TPSA) is 63.2 Å². The number of benzene rings is 1. The van der Waals surface area contributed by atoms with Crippen LogP contribution in [0.15, 0.2) is 21.5 Å². The molecule has 1 saturated carbocycles. The Balaban J connectivity index is 2.42. The van der Waals surface area contributed by atoms with Crippen molar-refractivity contribution in [2.45, 2.75) is 30.2 Å². The van der Waals surface area contributed by atoms with E-state index in [1.807, 2.05) is 6.92 Å². The molecule has 1 aromatic rings. The molecule has 0 bridgehead atoms. The largest absolute Gasteiger partial charge is 0.347 e. The first kappa shape index (κ1) is 15.1. The number of amides is 1. The quantitative estimate of drug-likeness (QED) is 0.810. The molecule has 104 valence electrons. The standard InChI is InChI=1S/C11H10BrCl2NO3S/c1-11(2-3-11)15-10(16)6-4-7(13)9(12)8(5-6)19(14,17)18/h4-5H,2-3H2,1H3,(H,15,16). The Morgan fingerprint density at radius 2 is 2.00 bits per heavy atom. The molecule has 1 N–H and O–H groups in total. The van der Waals surface area contributed by atoms with Crippen molar-refractivity contribution in [3.63, 3.8) is 0 Å². The number of carbonyl (C=O) groups excluding carboxylic acids is 1. The van der Waals surface area contributed by atoms with Crippen LogP contribution in [0, 0.1) is 0 Å². The molecule has 1 fully saturated rings. The van der Waals surface area contributed by atoms with E-state index in [1.165, 1.54) is 12.1 Å². The number of rotatable bonds is 3. The van der Waals surface area contributed by atoms with Crippen molar-refractivity contribution in [3.05, 3.63) is 27.2 Å². The number of halogens is 3. The van der Waals surface area contributed by atoms with Gasteiger partial charge in [0, 0.05) is 21.8 Å². The zero-order chi connectivity index (χ0) is 14.4. The van der Waals surface area contributed by atoms with Crippen molar-refractivity contribution in [2.75, 3.05) is 0 Å². The number of hydrogen-bond acceptors (Lipinski definition) is 3. The van der Waals surface area contributed by atoms with Gasteiger partial charge < -0.3 is 5.32 Å². The molecule has 0 heterocycles.